The Morgan fingerprint density at radius 2 is 1.67 bits per heavy atom. The standard InChI is InChI=1S/C36H54O9/c1-9-42-35-15-14-34-19-43-36(22(4)21(3)30(41)45-36)18-20(2)23(34)16-26(37)33(34,8)25(35)11-10-24-31(5,6)27(12-13-32(24,35)7)44-29(40)17-28(38)39/h20-25,27H,9-19H2,1-8H3,(H,38,39)/t20-,21+,22+,23-,24+,25+,27-,32+,33-,34+,35-,36+/m1/s1. The Morgan fingerprint density at radius 3 is 2.29 bits per heavy atom. The zero-order valence-electron chi connectivity index (χ0n) is 28.5. The number of ketones is 1. The maximum Gasteiger partial charge on any atom is 0.317 e. The highest BCUT2D eigenvalue weighted by molar-refractivity contribution is 5.90. The highest BCUT2D eigenvalue weighted by Gasteiger charge is 2.78. The summed E-state index contributed by atoms with van der Waals surface area (Å²) in [6.45, 7) is 18.1. The molecule has 0 bridgehead atoms. The first-order chi connectivity index (χ1) is 21.0. The second kappa shape index (κ2) is 10.5. The van der Waals surface area contributed by atoms with E-state index in [-0.39, 0.29) is 58.4 Å². The third-order valence-electron chi connectivity index (χ3n) is 15.0. The summed E-state index contributed by atoms with van der Waals surface area (Å²) < 4.78 is 25.8. The number of carboxylic acids is 1. The quantitative estimate of drug-likeness (QED) is 0.289. The van der Waals surface area contributed by atoms with Crippen molar-refractivity contribution < 1.29 is 43.2 Å². The fraction of sp³-hybridized carbons (Fsp3) is 0.889. The molecule has 6 aliphatic rings. The van der Waals surface area contributed by atoms with Crippen LogP contribution in [0.25, 0.3) is 0 Å². The Balaban J connectivity index is 1.37. The van der Waals surface area contributed by atoms with Crippen molar-refractivity contribution in [1.82, 2.24) is 0 Å². The molecule has 2 heterocycles. The van der Waals surface area contributed by atoms with Gasteiger partial charge in [-0.05, 0) is 63.2 Å². The molecule has 2 aliphatic heterocycles. The molecular formula is C36H54O9. The summed E-state index contributed by atoms with van der Waals surface area (Å²) >= 11 is 0. The Kier molecular flexibility index (Phi) is 7.68. The summed E-state index contributed by atoms with van der Waals surface area (Å²) in [5.74, 6) is -2.56. The van der Waals surface area contributed by atoms with Crippen molar-refractivity contribution in [2.75, 3.05) is 13.2 Å². The van der Waals surface area contributed by atoms with Crippen LogP contribution in [0.1, 0.15) is 113 Å². The summed E-state index contributed by atoms with van der Waals surface area (Å²) in [5.41, 5.74) is -2.27. The highest BCUT2D eigenvalue weighted by atomic mass is 16.7. The largest absolute Gasteiger partial charge is 0.481 e. The predicted octanol–water partition coefficient (Wildman–Crippen LogP) is 5.96. The average Bonchev–Trinajstić information content (AvgIpc) is 3.26. The van der Waals surface area contributed by atoms with Crippen molar-refractivity contribution in [3.63, 3.8) is 0 Å². The Hall–Kier alpha value is -2.00. The number of Topliss-reactive ketones (excluding diaryl/α,β-unsaturated/α-hetero) is 1. The van der Waals surface area contributed by atoms with E-state index < -0.39 is 40.6 Å². The lowest BCUT2D eigenvalue weighted by atomic mass is 9.35. The zero-order chi connectivity index (χ0) is 33.0. The van der Waals surface area contributed by atoms with E-state index in [4.69, 9.17) is 24.1 Å². The molecule has 12 atom stereocenters. The van der Waals surface area contributed by atoms with Crippen LogP contribution in [0.2, 0.25) is 0 Å². The maximum absolute atomic E-state index is 14.6. The summed E-state index contributed by atoms with van der Waals surface area (Å²) in [4.78, 5) is 51.0. The van der Waals surface area contributed by atoms with Gasteiger partial charge in [0.25, 0.3) is 0 Å². The molecule has 45 heavy (non-hydrogen) atoms. The van der Waals surface area contributed by atoms with Gasteiger partial charge in [0.2, 0.25) is 5.79 Å². The van der Waals surface area contributed by atoms with Gasteiger partial charge in [-0.2, -0.15) is 0 Å². The van der Waals surface area contributed by atoms with Crippen molar-refractivity contribution in [3.05, 3.63) is 0 Å². The van der Waals surface area contributed by atoms with E-state index in [0.29, 0.717) is 38.3 Å². The number of hydrogen-bond acceptors (Lipinski definition) is 8. The summed E-state index contributed by atoms with van der Waals surface area (Å²) in [6.07, 6.45) is 4.79. The van der Waals surface area contributed by atoms with Gasteiger partial charge in [-0.15, -0.1) is 0 Å². The second-order valence-corrected chi connectivity index (χ2v) is 16.7. The minimum absolute atomic E-state index is 0.00770. The van der Waals surface area contributed by atoms with Crippen LogP contribution >= 0.6 is 0 Å². The van der Waals surface area contributed by atoms with E-state index in [0.717, 1.165) is 32.1 Å². The Labute approximate surface area is 267 Å². The third-order valence-corrected chi connectivity index (χ3v) is 15.0. The van der Waals surface area contributed by atoms with E-state index in [1.54, 1.807) is 0 Å². The van der Waals surface area contributed by atoms with E-state index in [2.05, 4.69) is 41.5 Å². The molecule has 9 heteroatoms. The number of carboxylic acid groups (broad SMARTS) is 1. The third kappa shape index (κ3) is 4.17. The molecule has 0 aromatic rings. The molecule has 0 aromatic heterocycles. The maximum atomic E-state index is 14.6. The van der Waals surface area contributed by atoms with Crippen LogP contribution < -0.4 is 0 Å². The fourth-order valence-electron chi connectivity index (χ4n) is 12.5. The number of aliphatic carboxylic acids is 1. The second-order valence-electron chi connectivity index (χ2n) is 16.7. The SMILES string of the molecule is CCO[C@]12CC[C@]34CO[C@@]5(C[C@@H](C)[C@H]3CC(=O)[C@@]4(C)[C@@H]1CC[C@H]1C(C)(C)[C@H](OC(=O)CC(=O)O)CC[C@@]12C)OC(=O)[C@@H](C)[C@@H]5C. The molecule has 4 saturated carbocycles. The monoisotopic (exact) mass is 630 g/mol. The number of fused-ring (bicyclic) bond motifs is 4. The lowest BCUT2D eigenvalue weighted by Gasteiger charge is -2.71. The minimum atomic E-state index is -1.18. The molecular weight excluding hydrogens is 576 g/mol. The number of rotatable bonds is 5. The molecule has 9 nitrogen and oxygen atoms in total. The lowest BCUT2D eigenvalue weighted by Crippen LogP contribution is -2.73. The van der Waals surface area contributed by atoms with Crippen LogP contribution in [0.5, 0.6) is 0 Å². The molecule has 0 radical (unpaired) electrons. The molecule has 2 spiro atoms. The van der Waals surface area contributed by atoms with Crippen LogP contribution in [0.4, 0.5) is 0 Å². The van der Waals surface area contributed by atoms with Crippen molar-refractivity contribution in [3.8, 4) is 0 Å². The summed E-state index contributed by atoms with van der Waals surface area (Å²) in [6, 6.07) is 0. The molecule has 4 aliphatic carbocycles. The number of esters is 2. The summed E-state index contributed by atoms with van der Waals surface area (Å²) in [7, 11) is 0. The molecule has 0 amide bonds. The van der Waals surface area contributed by atoms with Gasteiger partial charge in [0.1, 0.15) is 18.3 Å². The van der Waals surface area contributed by atoms with Crippen molar-refractivity contribution in [2.24, 2.45) is 57.2 Å². The number of carbonyl (C=O) groups excluding carboxylic acids is 3. The first kappa shape index (κ1) is 32.9. The van der Waals surface area contributed by atoms with Gasteiger partial charge in [0, 0.05) is 52.9 Å². The van der Waals surface area contributed by atoms with Crippen molar-refractivity contribution in [2.45, 2.75) is 131 Å². The highest BCUT2D eigenvalue weighted by Crippen LogP contribution is 2.77. The van der Waals surface area contributed by atoms with Gasteiger partial charge >= 0.3 is 17.9 Å². The first-order valence-corrected chi connectivity index (χ1v) is 17.4. The predicted molar refractivity (Wildman–Crippen MR) is 164 cm³/mol. The van der Waals surface area contributed by atoms with Crippen molar-refractivity contribution in [1.29, 1.82) is 0 Å². The van der Waals surface area contributed by atoms with Gasteiger partial charge < -0.3 is 24.1 Å². The Bertz CT molecular complexity index is 1280. The molecule has 6 rings (SSSR count). The fourth-order valence-corrected chi connectivity index (χ4v) is 12.5. The number of ether oxygens (including phenoxy) is 4. The number of carbonyl (C=O) groups is 4. The molecule has 6 fully saturated rings. The van der Waals surface area contributed by atoms with E-state index >= 15 is 0 Å². The summed E-state index contributed by atoms with van der Waals surface area (Å²) in [5, 5.41) is 9.15. The lowest BCUT2D eigenvalue weighted by molar-refractivity contribution is -0.307. The van der Waals surface area contributed by atoms with Gasteiger partial charge in [0.15, 0.2) is 0 Å². The van der Waals surface area contributed by atoms with Crippen LogP contribution in [0.3, 0.4) is 0 Å². The number of hydrogen-bond donors (Lipinski definition) is 1. The smallest absolute Gasteiger partial charge is 0.317 e. The topological polar surface area (TPSA) is 125 Å². The molecule has 252 valence electrons. The van der Waals surface area contributed by atoms with E-state index in [1.807, 2.05) is 13.8 Å². The van der Waals surface area contributed by atoms with Gasteiger partial charge in [-0.25, -0.2) is 0 Å². The molecule has 0 aromatic carbocycles. The van der Waals surface area contributed by atoms with Crippen LogP contribution in [-0.2, 0) is 38.1 Å². The van der Waals surface area contributed by atoms with Crippen molar-refractivity contribution >= 4 is 23.7 Å². The molecule has 1 N–H and O–H groups in total. The van der Waals surface area contributed by atoms with Crippen LogP contribution in [0.15, 0.2) is 0 Å². The zero-order valence-corrected chi connectivity index (χ0v) is 28.5. The first-order valence-electron chi connectivity index (χ1n) is 17.4. The van der Waals surface area contributed by atoms with E-state index in [9.17, 15) is 19.2 Å². The Morgan fingerprint density at radius 1 is 0.978 bits per heavy atom. The minimum Gasteiger partial charge on any atom is -0.481 e. The van der Waals surface area contributed by atoms with Gasteiger partial charge in [0.05, 0.1) is 18.1 Å². The van der Waals surface area contributed by atoms with Gasteiger partial charge in [-0.1, -0.05) is 48.5 Å². The van der Waals surface area contributed by atoms with Gasteiger partial charge in [-0.3, -0.25) is 19.2 Å². The normalized spacial score (nSPS) is 50.1. The average molecular weight is 631 g/mol. The molecule has 0 unspecified atom stereocenters. The molecule has 2 saturated heterocycles. The van der Waals surface area contributed by atoms with Crippen LogP contribution in [-0.4, -0.2) is 59.5 Å². The van der Waals surface area contributed by atoms with Crippen LogP contribution in [0, 0.1) is 57.2 Å². The van der Waals surface area contributed by atoms with E-state index in [1.165, 1.54) is 0 Å².